The van der Waals surface area contributed by atoms with Gasteiger partial charge in [0.2, 0.25) is 5.16 Å². The van der Waals surface area contributed by atoms with Crippen LogP contribution < -0.4 is 0 Å². The second-order valence-corrected chi connectivity index (χ2v) is 5.40. The Morgan fingerprint density at radius 2 is 2.25 bits per heavy atom. The van der Waals surface area contributed by atoms with Gasteiger partial charge in [-0.05, 0) is 47.6 Å². The molecule has 2 heterocycles. The summed E-state index contributed by atoms with van der Waals surface area (Å²) in [6.45, 7) is 6.12. The van der Waals surface area contributed by atoms with Crippen LogP contribution in [-0.4, -0.2) is 29.6 Å². The Morgan fingerprint density at radius 3 is 2.88 bits per heavy atom. The monoisotopic (exact) mass is 256 g/mol. The highest BCUT2D eigenvalue weighted by Crippen LogP contribution is 2.27. The maximum Gasteiger partial charge on any atom is 0.216 e. The normalized spacial score (nSPS) is 11.2. The molecule has 2 aromatic rings. The minimum Gasteiger partial charge on any atom is -0.218 e. The van der Waals surface area contributed by atoms with Crippen LogP contribution in [0.2, 0.25) is 0 Å². The number of aromatic nitrogens is 6. The standard InChI is InChI=1S/C8H12N6S2/c1-4-6-9-8(16-11-6)15-7-10-12-13-14(7)5(2)3/h5H,4H2,1-3H3. The quantitative estimate of drug-likeness (QED) is 0.831. The summed E-state index contributed by atoms with van der Waals surface area (Å²) in [5, 5.41) is 12.3. The molecule has 0 spiro atoms. The van der Waals surface area contributed by atoms with E-state index in [0.717, 1.165) is 21.7 Å². The Labute approximate surface area is 102 Å². The van der Waals surface area contributed by atoms with E-state index >= 15 is 0 Å². The molecule has 0 atom stereocenters. The van der Waals surface area contributed by atoms with Crippen molar-refractivity contribution in [2.24, 2.45) is 0 Å². The first kappa shape index (κ1) is 11.5. The molecule has 0 aliphatic carbocycles. The van der Waals surface area contributed by atoms with Crippen molar-refractivity contribution in [2.45, 2.75) is 42.7 Å². The average Bonchev–Trinajstić information content (AvgIpc) is 2.87. The predicted molar refractivity (Wildman–Crippen MR) is 61.6 cm³/mol. The molecule has 0 radical (unpaired) electrons. The van der Waals surface area contributed by atoms with Crippen molar-refractivity contribution in [1.29, 1.82) is 0 Å². The minimum atomic E-state index is 0.246. The molecule has 86 valence electrons. The fraction of sp³-hybridized carbons (Fsp3) is 0.625. The zero-order chi connectivity index (χ0) is 11.5. The molecule has 8 heteroatoms. The first-order valence-electron chi connectivity index (χ1n) is 4.99. The summed E-state index contributed by atoms with van der Waals surface area (Å²) in [7, 11) is 0. The fourth-order valence-corrected chi connectivity index (χ4v) is 2.79. The van der Waals surface area contributed by atoms with E-state index in [4.69, 9.17) is 0 Å². The lowest BCUT2D eigenvalue weighted by atomic mass is 10.4. The van der Waals surface area contributed by atoms with Gasteiger partial charge in [-0.15, -0.1) is 5.10 Å². The van der Waals surface area contributed by atoms with Gasteiger partial charge in [0.05, 0.1) is 6.04 Å². The Morgan fingerprint density at radius 1 is 1.44 bits per heavy atom. The van der Waals surface area contributed by atoms with Crippen LogP contribution in [0.4, 0.5) is 0 Å². The van der Waals surface area contributed by atoms with Gasteiger partial charge in [0.1, 0.15) is 5.82 Å². The van der Waals surface area contributed by atoms with Crippen LogP contribution in [0.5, 0.6) is 0 Å². The van der Waals surface area contributed by atoms with Gasteiger partial charge in [0.15, 0.2) is 4.34 Å². The van der Waals surface area contributed by atoms with Gasteiger partial charge in [-0.25, -0.2) is 9.67 Å². The van der Waals surface area contributed by atoms with E-state index in [0.29, 0.717) is 0 Å². The minimum absolute atomic E-state index is 0.246. The Kier molecular flexibility index (Phi) is 3.49. The number of aryl methyl sites for hydroxylation is 1. The largest absolute Gasteiger partial charge is 0.218 e. The van der Waals surface area contributed by atoms with Crippen LogP contribution in [-0.2, 0) is 6.42 Å². The summed E-state index contributed by atoms with van der Waals surface area (Å²) in [6.07, 6.45) is 0.853. The summed E-state index contributed by atoms with van der Waals surface area (Å²) in [4.78, 5) is 4.37. The second-order valence-electron chi connectivity index (χ2n) is 3.43. The fourth-order valence-electron chi connectivity index (χ4n) is 1.08. The van der Waals surface area contributed by atoms with Gasteiger partial charge in [-0.1, -0.05) is 6.92 Å². The summed E-state index contributed by atoms with van der Waals surface area (Å²) >= 11 is 2.84. The van der Waals surface area contributed by atoms with Crippen molar-refractivity contribution in [3.8, 4) is 0 Å². The first-order chi connectivity index (χ1) is 7.70. The van der Waals surface area contributed by atoms with Crippen molar-refractivity contribution in [3.05, 3.63) is 5.82 Å². The van der Waals surface area contributed by atoms with Crippen molar-refractivity contribution in [1.82, 2.24) is 29.6 Å². The highest BCUT2D eigenvalue weighted by atomic mass is 32.2. The highest BCUT2D eigenvalue weighted by Gasteiger charge is 2.13. The zero-order valence-corrected chi connectivity index (χ0v) is 10.9. The van der Waals surface area contributed by atoms with Crippen molar-refractivity contribution < 1.29 is 0 Å². The maximum absolute atomic E-state index is 4.37. The van der Waals surface area contributed by atoms with Crippen LogP contribution in [0.3, 0.4) is 0 Å². The summed E-state index contributed by atoms with van der Waals surface area (Å²) < 4.78 is 6.88. The van der Waals surface area contributed by atoms with E-state index in [1.165, 1.54) is 23.3 Å². The van der Waals surface area contributed by atoms with Crippen LogP contribution >= 0.6 is 23.3 Å². The Hall–Kier alpha value is -1.02. The SMILES string of the molecule is CCc1nsc(Sc2nnnn2C(C)C)n1. The van der Waals surface area contributed by atoms with Gasteiger partial charge in [-0.3, -0.25) is 0 Å². The number of tetrazole rings is 1. The van der Waals surface area contributed by atoms with Crippen LogP contribution in [0, 0.1) is 0 Å². The van der Waals surface area contributed by atoms with E-state index in [1.54, 1.807) is 4.68 Å². The topological polar surface area (TPSA) is 69.4 Å². The molecule has 0 aliphatic rings. The van der Waals surface area contributed by atoms with Crippen molar-refractivity contribution in [2.75, 3.05) is 0 Å². The van der Waals surface area contributed by atoms with E-state index in [-0.39, 0.29) is 6.04 Å². The molecule has 16 heavy (non-hydrogen) atoms. The van der Waals surface area contributed by atoms with Crippen LogP contribution in [0.1, 0.15) is 32.6 Å². The van der Waals surface area contributed by atoms with Crippen LogP contribution in [0.15, 0.2) is 9.50 Å². The summed E-state index contributed by atoms with van der Waals surface area (Å²) in [5.41, 5.74) is 0. The first-order valence-corrected chi connectivity index (χ1v) is 6.58. The lowest BCUT2D eigenvalue weighted by Crippen LogP contribution is -2.04. The molecule has 2 rings (SSSR count). The molecule has 0 saturated heterocycles. The zero-order valence-electron chi connectivity index (χ0n) is 9.28. The molecule has 2 aromatic heterocycles. The van der Waals surface area contributed by atoms with Gasteiger partial charge >= 0.3 is 0 Å². The molecular formula is C8H12N6S2. The molecule has 0 N–H and O–H groups in total. The number of hydrogen-bond donors (Lipinski definition) is 0. The summed E-state index contributed by atoms with van der Waals surface area (Å²) in [6, 6.07) is 0.246. The van der Waals surface area contributed by atoms with Gasteiger partial charge in [-0.2, -0.15) is 4.37 Å². The average molecular weight is 256 g/mol. The van der Waals surface area contributed by atoms with E-state index in [2.05, 4.69) is 24.9 Å². The molecule has 0 unspecified atom stereocenters. The van der Waals surface area contributed by atoms with Gasteiger partial charge < -0.3 is 0 Å². The van der Waals surface area contributed by atoms with Crippen molar-refractivity contribution in [3.63, 3.8) is 0 Å². The van der Waals surface area contributed by atoms with E-state index in [1.807, 2.05) is 20.8 Å². The maximum atomic E-state index is 4.37. The number of hydrogen-bond acceptors (Lipinski definition) is 7. The van der Waals surface area contributed by atoms with E-state index < -0.39 is 0 Å². The third-order valence-electron chi connectivity index (χ3n) is 1.90. The number of nitrogens with zero attached hydrogens (tertiary/aromatic N) is 6. The third kappa shape index (κ3) is 2.38. The highest BCUT2D eigenvalue weighted by molar-refractivity contribution is 8.00. The number of rotatable bonds is 4. The molecule has 0 saturated carbocycles. The molecule has 0 fully saturated rings. The lowest BCUT2D eigenvalue weighted by molar-refractivity contribution is 0.477. The molecule has 6 nitrogen and oxygen atoms in total. The van der Waals surface area contributed by atoms with Crippen molar-refractivity contribution >= 4 is 23.3 Å². The molecule has 0 bridgehead atoms. The molecule has 0 aromatic carbocycles. The Bertz CT molecular complexity index is 463. The van der Waals surface area contributed by atoms with Gasteiger partial charge in [0.25, 0.3) is 0 Å². The molecule has 0 amide bonds. The van der Waals surface area contributed by atoms with E-state index in [9.17, 15) is 0 Å². The summed E-state index contributed by atoms with van der Waals surface area (Å²) in [5.74, 6) is 0.871. The Balaban J connectivity index is 2.17. The third-order valence-corrected chi connectivity index (χ3v) is 3.64. The van der Waals surface area contributed by atoms with Gasteiger partial charge in [0, 0.05) is 6.42 Å². The predicted octanol–water partition coefficient (Wildman–Crippen LogP) is 1.82. The molecular weight excluding hydrogens is 244 g/mol. The second kappa shape index (κ2) is 4.88. The van der Waals surface area contributed by atoms with Crippen LogP contribution in [0.25, 0.3) is 0 Å². The lowest BCUT2D eigenvalue weighted by Gasteiger charge is -2.04. The smallest absolute Gasteiger partial charge is 0.216 e. The molecule has 0 aliphatic heterocycles.